The fourth-order valence-electron chi connectivity index (χ4n) is 4.83. The number of piperidine rings is 1. The lowest BCUT2D eigenvalue weighted by atomic mass is 9.83. The lowest BCUT2D eigenvalue weighted by Crippen LogP contribution is -2.64. The van der Waals surface area contributed by atoms with E-state index in [0.29, 0.717) is 38.3 Å². The third-order valence-corrected chi connectivity index (χ3v) is 6.71. The molecule has 0 unspecified atom stereocenters. The van der Waals surface area contributed by atoms with Crippen LogP contribution >= 0.6 is 0 Å². The van der Waals surface area contributed by atoms with E-state index < -0.39 is 5.60 Å². The van der Waals surface area contributed by atoms with Gasteiger partial charge in [0.2, 0.25) is 0 Å². The van der Waals surface area contributed by atoms with Crippen molar-refractivity contribution in [1.82, 2.24) is 20.4 Å². The molecule has 0 saturated carbocycles. The maximum Gasteiger partial charge on any atom is 0.317 e. The number of oxime groups is 1. The highest BCUT2D eigenvalue weighted by Crippen LogP contribution is 2.35. The monoisotopic (exact) mass is 441 g/mol. The van der Waals surface area contributed by atoms with Crippen LogP contribution in [0, 0.1) is 0 Å². The van der Waals surface area contributed by atoms with Crippen LogP contribution in [-0.4, -0.2) is 71.8 Å². The Hall–Kier alpha value is -2.61. The van der Waals surface area contributed by atoms with Gasteiger partial charge in [0.25, 0.3) is 5.91 Å². The summed E-state index contributed by atoms with van der Waals surface area (Å²) in [5, 5.41) is 10.9. The van der Waals surface area contributed by atoms with E-state index >= 15 is 0 Å². The number of nitrogens with one attached hydrogen (secondary N) is 2. The van der Waals surface area contributed by atoms with Gasteiger partial charge < -0.3 is 25.3 Å². The topological polar surface area (TPSA) is 86.3 Å². The van der Waals surface area contributed by atoms with E-state index in [1.54, 1.807) is 0 Å². The Bertz CT molecular complexity index is 824. The minimum Gasteiger partial charge on any atom is -0.385 e. The van der Waals surface area contributed by atoms with Gasteiger partial charge in [-0.1, -0.05) is 48.8 Å². The molecule has 0 radical (unpaired) electrons. The van der Waals surface area contributed by atoms with Crippen molar-refractivity contribution in [3.05, 3.63) is 35.9 Å². The van der Waals surface area contributed by atoms with Crippen LogP contribution in [0.1, 0.15) is 51.0 Å². The number of carbonyl (C=O) groups is 2. The highest BCUT2D eigenvalue weighted by Gasteiger charge is 2.52. The van der Waals surface area contributed by atoms with Crippen molar-refractivity contribution in [2.45, 2.75) is 63.6 Å². The summed E-state index contributed by atoms with van der Waals surface area (Å²) in [6.07, 6.45) is 5.24. The maximum atomic E-state index is 13.0. The van der Waals surface area contributed by atoms with E-state index in [2.05, 4.69) is 34.8 Å². The van der Waals surface area contributed by atoms with Gasteiger partial charge in [-0.05, 0) is 31.2 Å². The van der Waals surface area contributed by atoms with Crippen LogP contribution in [0.3, 0.4) is 0 Å². The van der Waals surface area contributed by atoms with Gasteiger partial charge in [0.1, 0.15) is 5.71 Å². The second-order valence-corrected chi connectivity index (χ2v) is 9.08. The second-order valence-electron chi connectivity index (χ2n) is 9.08. The van der Waals surface area contributed by atoms with Crippen LogP contribution in [0.2, 0.25) is 0 Å². The highest BCUT2D eigenvalue weighted by atomic mass is 16.7. The fraction of sp³-hybridized carbons (Fsp3) is 0.625. The number of rotatable bonds is 7. The molecule has 8 heteroatoms. The largest absolute Gasteiger partial charge is 0.385 e. The van der Waals surface area contributed by atoms with Crippen LogP contribution in [-0.2, 0) is 16.2 Å². The van der Waals surface area contributed by atoms with Gasteiger partial charge >= 0.3 is 6.03 Å². The van der Waals surface area contributed by atoms with E-state index in [4.69, 9.17) is 4.84 Å². The van der Waals surface area contributed by atoms with Crippen molar-refractivity contribution in [2.24, 2.45) is 5.16 Å². The first-order valence-electron chi connectivity index (χ1n) is 12.0. The van der Waals surface area contributed by atoms with Crippen molar-refractivity contribution < 1.29 is 14.4 Å². The minimum atomic E-state index is -0.722. The van der Waals surface area contributed by atoms with Crippen molar-refractivity contribution in [2.75, 3.05) is 32.7 Å². The first-order valence-corrected chi connectivity index (χ1v) is 12.0. The van der Waals surface area contributed by atoms with Gasteiger partial charge in [0.15, 0.2) is 5.60 Å². The van der Waals surface area contributed by atoms with Crippen LogP contribution < -0.4 is 10.6 Å². The molecule has 1 aromatic rings. The van der Waals surface area contributed by atoms with Crippen LogP contribution in [0.4, 0.5) is 4.79 Å². The standard InChI is InChI=1S/C24H35N5O3/c1-2-3-12-25-23(31)29-15-11-21(26-17-19-9-5-4-6-10-19)24(18-29)16-20(27-32-24)22(30)28-13-7-8-14-28/h4-6,9-10,21,26H,2-3,7-8,11-18H2,1H3,(H,25,31)/t21-,24+/m0/s1. The molecule has 3 aliphatic heterocycles. The number of benzene rings is 1. The summed E-state index contributed by atoms with van der Waals surface area (Å²) in [6.45, 7) is 6.11. The summed E-state index contributed by atoms with van der Waals surface area (Å²) in [5.41, 5.74) is 0.946. The summed E-state index contributed by atoms with van der Waals surface area (Å²) >= 11 is 0. The predicted molar refractivity (Wildman–Crippen MR) is 123 cm³/mol. The Labute approximate surface area is 190 Å². The SMILES string of the molecule is CCCCNC(=O)N1CC[C@H](NCc2ccccc2)[C@@]2(CC(C(=O)N3CCCC3)=NO2)C1. The van der Waals surface area contributed by atoms with Gasteiger partial charge in [-0.2, -0.15) is 0 Å². The Balaban J connectivity index is 1.45. The molecule has 2 atom stereocenters. The number of hydrogen-bond donors (Lipinski definition) is 2. The highest BCUT2D eigenvalue weighted by molar-refractivity contribution is 6.39. The number of nitrogens with zero attached hydrogens (tertiary/aromatic N) is 3. The number of urea groups is 1. The Morgan fingerprint density at radius 2 is 1.94 bits per heavy atom. The molecule has 32 heavy (non-hydrogen) atoms. The fourth-order valence-corrected chi connectivity index (χ4v) is 4.83. The third-order valence-electron chi connectivity index (χ3n) is 6.71. The molecule has 3 amide bonds. The number of amides is 3. The smallest absolute Gasteiger partial charge is 0.317 e. The van der Waals surface area contributed by atoms with E-state index in [0.717, 1.165) is 45.2 Å². The van der Waals surface area contributed by atoms with Crippen LogP contribution in [0.25, 0.3) is 0 Å². The lowest BCUT2D eigenvalue weighted by Gasteiger charge is -2.44. The van der Waals surface area contributed by atoms with Gasteiger partial charge in [-0.25, -0.2) is 4.79 Å². The number of likely N-dealkylation sites (tertiary alicyclic amines) is 2. The number of hydrogen-bond acceptors (Lipinski definition) is 5. The second kappa shape index (κ2) is 10.3. The average molecular weight is 442 g/mol. The predicted octanol–water partition coefficient (Wildman–Crippen LogP) is 2.50. The molecule has 4 rings (SSSR count). The first kappa shape index (κ1) is 22.6. The zero-order chi connectivity index (χ0) is 22.4. The van der Waals surface area contributed by atoms with E-state index in [9.17, 15) is 9.59 Å². The number of carbonyl (C=O) groups excluding carboxylic acids is 2. The third kappa shape index (κ3) is 5.06. The average Bonchev–Trinajstić information content (AvgIpc) is 3.50. The molecule has 8 nitrogen and oxygen atoms in total. The molecule has 0 aromatic heterocycles. The molecule has 1 aromatic carbocycles. The van der Waals surface area contributed by atoms with Crippen molar-refractivity contribution in [3.8, 4) is 0 Å². The van der Waals surface area contributed by atoms with Crippen molar-refractivity contribution >= 4 is 17.6 Å². The first-order chi connectivity index (χ1) is 15.6. The quantitative estimate of drug-likeness (QED) is 0.637. The van der Waals surface area contributed by atoms with Crippen molar-refractivity contribution in [3.63, 3.8) is 0 Å². The molecular weight excluding hydrogens is 406 g/mol. The molecule has 2 saturated heterocycles. The molecule has 0 bridgehead atoms. The van der Waals surface area contributed by atoms with Crippen molar-refractivity contribution in [1.29, 1.82) is 0 Å². The number of unbranched alkanes of at least 4 members (excludes halogenated alkanes) is 1. The Morgan fingerprint density at radius 1 is 1.16 bits per heavy atom. The van der Waals surface area contributed by atoms with Crippen LogP contribution in [0.15, 0.2) is 35.5 Å². The zero-order valence-electron chi connectivity index (χ0n) is 19.0. The van der Waals surface area contributed by atoms with E-state index in [-0.39, 0.29) is 18.0 Å². The molecule has 2 N–H and O–H groups in total. The summed E-state index contributed by atoms with van der Waals surface area (Å²) in [4.78, 5) is 35.4. The molecular formula is C24H35N5O3. The Kier molecular flexibility index (Phi) is 7.29. The zero-order valence-corrected chi connectivity index (χ0v) is 19.0. The lowest BCUT2D eigenvalue weighted by molar-refractivity contribution is -0.123. The minimum absolute atomic E-state index is 0.00461. The normalized spacial score (nSPS) is 25.0. The molecule has 3 aliphatic rings. The molecule has 1 spiro atoms. The Morgan fingerprint density at radius 3 is 2.69 bits per heavy atom. The molecule has 2 fully saturated rings. The van der Waals surface area contributed by atoms with Crippen LogP contribution in [0.5, 0.6) is 0 Å². The summed E-state index contributed by atoms with van der Waals surface area (Å²) in [7, 11) is 0. The van der Waals surface area contributed by atoms with Gasteiger partial charge in [-0.3, -0.25) is 4.79 Å². The molecule has 3 heterocycles. The summed E-state index contributed by atoms with van der Waals surface area (Å²) in [5.74, 6) is -0.0225. The molecule has 174 valence electrons. The summed E-state index contributed by atoms with van der Waals surface area (Å²) in [6, 6.07) is 10.2. The van der Waals surface area contributed by atoms with Gasteiger partial charge in [0, 0.05) is 39.1 Å². The maximum absolute atomic E-state index is 13.0. The summed E-state index contributed by atoms with van der Waals surface area (Å²) < 4.78 is 0. The van der Waals surface area contributed by atoms with Gasteiger partial charge in [-0.15, -0.1) is 0 Å². The van der Waals surface area contributed by atoms with E-state index in [1.165, 1.54) is 5.56 Å². The van der Waals surface area contributed by atoms with E-state index in [1.807, 2.05) is 28.0 Å². The molecule has 0 aliphatic carbocycles. The van der Waals surface area contributed by atoms with Gasteiger partial charge in [0.05, 0.1) is 12.6 Å².